The minimum Gasteiger partial charge on any atom is -0.487 e. The fraction of sp³-hybridized carbons (Fsp3) is 0.308. The van der Waals surface area contributed by atoms with Gasteiger partial charge in [0, 0.05) is 13.5 Å². The maximum atomic E-state index is 8.61. The predicted molar refractivity (Wildman–Crippen MR) is 70.4 cm³/mol. The van der Waals surface area contributed by atoms with Crippen molar-refractivity contribution in [3.63, 3.8) is 0 Å². The molecule has 1 N–H and O–H groups in total. The highest BCUT2D eigenvalue weighted by Crippen LogP contribution is 2.14. The van der Waals surface area contributed by atoms with Crippen LogP contribution in [0.1, 0.15) is 18.2 Å². The smallest absolute Gasteiger partial charge is 0.134 e. The zero-order valence-electron chi connectivity index (χ0n) is 10.9. The van der Waals surface area contributed by atoms with Gasteiger partial charge >= 0.3 is 0 Å². The van der Waals surface area contributed by atoms with Crippen molar-refractivity contribution in [1.29, 1.82) is 0 Å². The largest absolute Gasteiger partial charge is 0.487 e. The minimum atomic E-state index is 0.393. The van der Waals surface area contributed by atoms with Crippen molar-refractivity contribution in [2.45, 2.75) is 20.0 Å². The molecule has 0 aliphatic rings. The van der Waals surface area contributed by atoms with Crippen LogP contribution in [0.15, 0.2) is 35.6 Å². The van der Waals surface area contributed by atoms with E-state index in [2.05, 4.69) is 15.5 Å². The summed E-state index contributed by atoms with van der Waals surface area (Å²) in [6.45, 7) is 2.17. The van der Waals surface area contributed by atoms with Crippen molar-refractivity contribution < 1.29 is 9.94 Å². The molecule has 0 amide bonds. The van der Waals surface area contributed by atoms with E-state index < -0.39 is 0 Å². The Morgan fingerprint density at radius 2 is 2.11 bits per heavy atom. The number of hydrogen-bond donors (Lipinski definition) is 1. The van der Waals surface area contributed by atoms with Crippen LogP contribution in [-0.2, 0) is 20.1 Å². The van der Waals surface area contributed by atoms with Crippen LogP contribution in [0.5, 0.6) is 5.75 Å². The zero-order valence-corrected chi connectivity index (χ0v) is 10.9. The van der Waals surface area contributed by atoms with Gasteiger partial charge in [-0.1, -0.05) is 22.5 Å². The van der Waals surface area contributed by atoms with Crippen LogP contribution in [-0.4, -0.2) is 25.9 Å². The first-order valence-corrected chi connectivity index (χ1v) is 5.92. The van der Waals surface area contributed by atoms with Crippen LogP contribution >= 0.6 is 0 Å². The average Bonchev–Trinajstić information content (AvgIpc) is 2.83. The number of oxime groups is 1. The summed E-state index contributed by atoms with van der Waals surface area (Å²) in [4.78, 5) is 0. The van der Waals surface area contributed by atoms with Crippen LogP contribution < -0.4 is 4.74 Å². The lowest BCUT2D eigenvalue weighted by atomic mass is 10.1. The van der Waals surface area contributed by atoms with Gasteiger partial charge in [0.25, 0.3) is 0 Å². The highest BCUT2D eigenvalue weighted by atomic mass is 16.5. The first-order chi connectivity index (χ1) is 9.17. The molecule has 6 nitrogen and oxygen atoms in total. The monoisotopic (exact) mass is 260 g/mol. The number of aryl methyl sites for hydroxylation is 1. The highest BCUT2D eigenvalue weighted by Gasteiger charge is 2.01. The molecule has 1 heterocycles. The van der Waals surface area contributed by atoms with Crippen LogP contribution in [0.4, 0.5) is 0 Å². The Bertz CT molecular complexity index is 560. The van der Waals surface area contributed by atoms with Crippen LogP contribution in [0.25, 0.3) is 0 Å². The number of ether oxygens (including phenoxy) is 1. The highest BCUT2D eigenvalue weighted by molar-refractivity contribution is 5.83. The summed E-state index contributed by atoms with van der Waals surface area (Å²) < 4.78 is 7.23. The molecule has 1 aromatic carbocycles. The summed E-state index contributed by atoms with van der Waals surface area (Å²) in [6.07, 6.45) is 2.44. The molecule has 0 fully saturated rings. The Balaban J connectivity index is 1.91. The van der Waals surface area contributed by atoms with Gasteiger partial charge in [0.2, 0.25) is 0 Å². The lowest BCUT2D eigenvalue weighted by Gasteiger charge is -2.05. The lowest BCUT2D eigenvalue weighted by Crippen LogP contribution is -1.98. The van der Waals surface area contributed by atoms with E-state index in [9.17, 15) is 0 Å². The maximum absolute atomic E-state index is 8.61. The Labute approximate surface area is 111 Å². The molecule has 0 aliphatic carbocycles. The molecule has 6 heteroatoms. The first kappa shape index (κ1) is 13.1. The summed E-state index contributed by atoms with van der Waals surface area (Å²) >= 11 is 0. The molecule has 19 heavy (non-hydrogen) atoms. The molecule has 0 radical (unpaired) electrons. The van der Waals surface area contributed by atoms with Crippen LogP contribution in [0.3, 0.4) is 0 Å². The van der Waals surface area contributed by atoms with Crippen molar-refractivity contribution in [3.05, 3.63) is 41.7 Å². The molecule has 0 unspecified atom stereocenters. The quantitative estimate of drug-likeness (QED) is 0.505. The third-order valence-electron chi connectivity index (χ3n) is 2.59. The van der Waals surface area contributed by atoms with Crippen molar-refractivity contribution in [3.8, 4) is 5.75 Å². The Morgan fingerprint density at radius 1 is 1.37 bits per heavy atom. The van der Waals surface area contributed by atoms with Gasteiger partial charge in [0.15, 0.2) is 0 Å². The minimum absolute atomic E-state index is 0.393. The molecule has 0 aliphatic heterocycles. The van der Waals surface area contributed by atoms with Gasteiger partial charge in [0.05, 0.1) is 11.9 Å². The van der Waals surface area contributed by atoms with Gasteiger partial charge in [-0.25, -0.2) is 0 Å². The van der Waals surface area contributed by atoms with E-state index in [-0.39, 0.29) is 0 Å². The lowest BCUT2D eigenvalue weighted by molar-refractivity contribution is 0.301. The van der Waals surface area contributed by atoms with E-state index in [0.717, 1.165) is 17.0 Å². The number of rotatable bonds is 5. The van der Waals surface area contributed by atoms with E-state index in [1.807, 2.05) is 37.5 Å². The van der Waals surface area contributed by atoms with Gasteiger partial charge in [0.1, 0.15) is 18.1 Å². The molecule has 1 aromatic heterocycles. The van der Waals surface area contributed by atoms with E-state index >= 15 is 0 Å². The number of hydrogen-bond acceptors (Lipinski definition) is 5. The molecular formula is C13H16N4O2. The number of nitrogens with zero attached hydrogens (tertiary/aromatic N) is 4. The van der Waals surface area contributed by atoms with Crippen molar-refractivity contribution >= 4 is 5.71 Å². The molecule has 100 valence electrons. The summed E-state index contributed by atoms with van der Waals surface area (Å²) in [5.41, 5.74) is 2.53. The standard InChI is InChI=1S/C13H16N4O2/c1-10(15-18)7-11-3-5-13(6-4-11)19-9-12-8-17(2)16-14-12/h3-6,8,18H,7,9H2,1-2H3/b15-10-. The molecular weight excluding hydrogens is 244 g/mol. The normalized spacial score (nSPS) is 11.6. The zero-order chi connectivity index (χ0) is 13.7. The fourth-order valence-corrected chi connectivity index (χ4v) is 1.65. The summed E-state index contributed by atoms with van der Waals surface area (Å²) in [6, 6.07) is 7.66. The SMILES string of the molecule is C/C(Cc1ccc(OCc2cn(C)nn2)cc1)=N/O. The molecule has 2 rings (SSSR count). The Morgan fingerprint density at radius 3 is 2.68 bits per heavy atom. The molecule has 0 bridgehead atoms. The van der Waals surface area contributed by atoms with Crippen molar-refractivity contribution in [2.24, 2.45) is 12.2 Å². The summed E-state index contributed by atoms with van der Waals surface area (Å²) in [5, 5.41) is 19.5. The first-order valence-electron chi connectivity index (χ1n) is 5.92. The molecule has 2 aromatic rings. The Hall–Kier alpha value is -2.37. The second kappa shape index (κ2) is 5.99. The van der Waals surface area contributed by atoms with Gasteiger partial charge < -0.3 is 9.94 Å². The van der Waals surface area contributed by atoms with E-state index in [4.69, 9.17) is 9.94 Å². The van der Waals surface area contributed by atoms with Gasteiger partial charge in [-0.2, -0.15) is 0 Å². The van der Waals surface area contributed by atoms with Crippen molar-refractivity contribution in [1.82, 2.24) is 15.0 Å². The molecule has 0 saturated heterocycles. The van der Waals surface area contributed by atoms with E-state index in [0.29, 0.717) is 18.7 Å². The second-order valence-corrected chi connectivity index (χ2v) is 4.33. The third kappa shape index (κ3) is 3.80. The molecule has 0 spiro atoms. The van der Waals surface area contributed by atoms with E-state index in [1.54, 1.807) is 11.6 Å². The molecule has 0 saturated carbocycles. The number of benzene rings is 1. The average molecular weight is 260 g/mol. The van der Waals surface area contributed by atoms with Gasteiger partial charge in [-0.3, -0.25) is 4.68 Å². The second-order valence-electron chi connectivity index (χ2n) is 4.33. The summed E-state index contributed by atoms with van der Waals surface area (Å²) in [5.74, 6) is 0.771. The third-order valence-corrected chi connectivity index (χ3v) is 2.59. The fourth-order valence-electron chi connectivity index (χ4n) is 1.65. The molecule has 0 atom stereocenters. The number of aromatic nitrogens is 3. The van der Waals surface area contributed by atoms with Crippen molar-refractivity contribution in [2.75, 3.05) is 0 Å². The summed E-state index contributed by atoms with van der Waals surface area (Å²) in [7, 11) is 1.82. The van der Waals surface area contributed by atoms with Crippen LogP contribution in [0, 0.1) is 0 Å². The maximum Gasteiger partial charge on any atom is 0.134 e. The van der Waals surface area contributed by atoms with Gasteiger partial charge in [-0.15, -0.1) is 5.10 Å². The van der Waals surface area contributed by atoms with Gasteiger partial charge in [-0.05, 0) is 24.6 Å². The van der Waals surface area contributed by atoms with Crippen LogP contribution in [0.2, 0.25) is 0 Å². The topological polar surface area (TPSA) is 72.5 Å². The Kier molecular flexibility index (Phi) is 4.12. The predicted octanol–water partition coefficient (Wildman–Crippen LogP) is 1.79. The van der Waals surface area contributed by atoms with E-state index in [1.165, 1.54) is 0 Å².